The largest absolute Gasteiger partial charge is 0.215 e. The fourth-order valence-electron chi connectivity index (χ4n) is 1.92. The molecule has 0 spiro atoms. The van der Waals surface area contributed by atoms with Crippen LogP contribution in [0, 0.1) is 5.82 Å². The Kier molecular flexibility index (Phi) is 5.81. The van der Waals surface area contributed by atoms with E-state index >= 15 is 0 Å². The SMILES string of the molecule is O=S(=O)(Cc1ccc(F)cc1)NCCc1ccc(Cl)cc1Cl. The van der Waals surface area contributed by atoms with Gasteiger partial charge >= 0.3 is 0 Å². The van der Waals surface area contributed by atoms with Gasteiger partial charge in [0, 0.05) is 16.6 Å². The Morgan fingerprint density at radius 3 is 2.36 bits per heavy atom. The fraction of sp³-hybridized carbons (Fsp3) is 0.200. The number of hydrogen-bond acceptors (Lipinski definition) is 2. The zero-order chi connectivity index (χ0) is 16.2. The molecule has 0 unspecified atom stereocenters. The molecule has 0 aliphatic heterocycles. The van der Waals surface area contributed by atoms with Crippen LogP contribution in [0.4, 0.5) is 4.39 Å². The third-order valence-corrected chi connectivity index (χ3v) is 4.95. The number of halogens is 3. The van der Waals surface area contributed by atoms with E-state index in [0.29, 0.717) is 22.0 Å². The lowest BCUT2D eigenvalue weighted by Crippen LogP contribution is -2.27. The number of sulfonamides is 1. The summed E-state index contributed by atoms with van der Waals surface area (Å²) in [5.41, 5.74) is 1.34. The fourth-order valence-corrected chi connectivity index (χ4v) is 3.57. The van der Waals surface area contributed by atoms with Crippen molar-refractivity contribution in [2.75, 3.05) is 6.54 Å². The Bertz CT molecular complexity index is 749. The molecular weight excluding hydrogens is 348 g/mol. The molecule has 1 N–H and O–H groups in total. The highest BCUT2D eigenvalue weighted by molar-refractivity contribution is 7.88. The molecule has 0 saturated carbocycles. The lowest BCUT2D eigenvalue weighted by Gasteiger charge is -2.08. The van der Waals surface area contributed by atoms with Gasteiger partial charge in [0.2, 0.25) is 10.0 Å². The van der Waals surface area contributed by atoms with Crippen LogP contribution in [0.2, 0.25) is 10.0 Å². The Hall–Kier alpha value is -1.14. The summed E-state index contributed by atoms with van der Waals surface area (Å²) in [7, 11) is -3.48. The van der Waals surface area contributed by atoms with E-state index in [1.807, 2.05) is 0 Å². The van der Waals surface area contributed by atoms with E-state index in [0.717, 1.165) is 5.56 Å². The summed E-state index contributed by atoms with van der Waals surface area (Å²) in [6, 6.07) is 10.5. The molecule has 0 bridgehead atoms. The maximum absolute atomic E-state index is 12.8. The van der Waals surface area contributed by atoms with Crippen LogP contribution in [0.5, 0.6) is 0 Å². The van der Waals surface area contributed by atoms with Crippen molar-refractivity contribution in [2.45, 2.75) is 12.2 Å². The summed E-state index contributed by atoms with van der Waals surface area (Å²) < 4.78 is 39.2. The van der Waals surface area contributed by atoms with Crippen LogP contribution in [-0.4, -0.2) is 15.0 Å². The summed E-state index contributed by atoms with van der Waals surface area (Å²) in [5.74, 6) is -0.590. The molecule has 22 heavy (non-hydrogen) atoms. The first-order valence-corrected chi connectivity index (χ1v) is 8.92. The lowest BCUT2D eigenvalue weighted by molar-refractivity contribution is 0.580. The first-order chi connectivity index (χ1) is 10.4. The predicted octanol–water partition coefficient (Wildman–Crippen LogP) is 3.79. The van der Waals surface area contributed by atoms with Crippen molar-refractivity contribution >= 4 is 33.2 Å². The molecule has 3 nitrogen and oxygen atoms in total. The minimum atomic E-state index is -3.48. The van der Waals surface area contributed by atoms with Crippen molar-refractivity contribution in [1.82, 2.24) is 4.72 Å². The van der Waals surface area contributed by atoms with Gasteiger partial charge in [-0.25, -0.2) is 17.5 Å². The van der Waals surface area contributed by atoms with Gasteiger partial charge in [-0.15, -0.1) is 0 Å². The maximum Gasteiger partial charge on any atom is 0.215 e. The van der Waals surface area contributed by atoms with Gasteiger partial charge in [-0.05, 0) is 41.8 Å². The lowest BCUT2D eigenvalue weighted by atomic mass is 10.1. The Morgan fingerprint density at radius 2 is 1.73 bits per heavy atom. The zero-order valence-corrected chi connectivity index (χ0v) is 13.8. The molecule has 0 saturated heterocycles. The standard InChI is InChI=1S/C15H14Cl2FNO2S/c16-13-4-3-12(15(17)9-13)7-8-19-22(20,21)10-11-1-5-14(18)6-2-11/h1-6,9,19H,7-8,10H2. The number of rotatable bonds is 6. The highest BCUT2D eigenvalue weighted by Crippen LogP contribution is 2.21. The van der Waals surface area contributed by atoms with Crippen molar-refractivity contribution in [3.05, 3.63) is 69.5 Å². The minimum Gasteiger partial charge on any atom is -0.215 e. The molecule has 118 valence electrons. The van der Waals surface area contributed by atoms with Crippen LogP contribution in [-0.2, 0) is 22.2 Å². The van der Waals surface area contributed by atoms with Crippen molar-refractivity contribution < 1.29 is 12.8 Å². The van der Waals surface area contributed by atoms with Gasteiger partial charge in [0.15, 0.2) is 0 Å². The van der Waals surface area contributed by atoms with Crippen molar-refractivity contribution in [2.24, 2.45) is 0 Å². The predicted molar refractivity (Wildman–Crippen MR) is 87.2 cm³/mol. The molecular formula is C15H14Cl2FNO2S. The second-order valence-electron chi connectivity index (χ2n) is 4.77. The van der Waals surface area contributed by atoms with Crippen LogP contribution < -0.4 is 4.72 Å². The van der Waals surface area contributed by atoms with Crippen molar-refractivity contribution in [3.8, 4) is 0 Å². The van der Waals surface area contributed by atoms with Crippen molar-refractivity contribution in [1.29, 1.82) is 0 Å². The molecule has 0 fully saturated rings. The van der Waals surface area contributed by atoms with Gasteiger partial charge < -0.3 is 0 Å². The molecule has 2 aromatic rings. The summed E-state index contributed by atoms with van der Waals surface area (Å²) in [6.07, 6.45) is 0.457. The van der Waals surface area contributed by atoms with Crippen LogP contribution in [0.1, 0.15) is 11.1 Å². The molecule has 0 amide bonds. The van der Waals surface area contributed by atoms with E-state index in [1.54, 1.807) is 18.2 Å². The second kappa shape index (κ2) is 7.42. The van der Waals surface area contributed by atoms with Gasteiger partial charge in [-0.2, -0.15) is 0 Å². The molecule has 0 heterocycles. The molecule has 7 heteroatoms. The highest BCUT2D eigenvalue weighted by atomic mass is 35.5. The van der Waals surface area contributed by atoms with Gasteiger partial charge in [0.1, 0.15) is 5.82 Å². The Morgan fingerprint density at radius 1 is 1.05 bits per heavy atom. The van der Waals surface area contributed by atoms with Crippen molar-refractivity contribution in [3.63, 3.8) is 0 Å². The quantitative estimate of drug-likeness (QED) is 0.850. The molecule has 0 aliphatic rings. The minimum absolute atomic E-state index is 0.193. The molecule has 0 atom stereocenters. The first kappa shape index (κ1) is 17.2. The first-order valence-electron chi connectivity index (χ1n) is 6.51. The summed E-state index contributed by atoms with van der Waals surface area (Å²) in [4.78, 5) is 0. The smallest absolute Gasteiger partial charge is 0.215 e. The number of benzene rings is 2. The Labute approximate surface area is 139 Å². The van der Waals surface area contributed by atoms with Crippen LogP contribution in [0.25, 0.3) is 0 Å². The zero-order valence-electron chi connectivity index (χ0n) is 11.5. The molecule has 2 aromatic carbocycles. The van der Waals surface area contributed by atoms with E-state index in [1.165, 1.54) is 24.3 Å². The van der Waals surface area contributed by atoms with Gasteiger partial charge in [0.05, 0.1) is 5.75 Å². The highest BCUT2D eigenvalue weighted by Gasteiger charge is 2.11. The number of nitrogens with one attached hydrogen (secondary N) is 1. The average molecular weight is 362 g/mol. The van der Waals surface area contributed by atoms with Gasteiger partial charge in [0.25, 0.3) is 0 Å². The van der Waals surface area contributed by atoms with Crippen LogP contribution in [0.15, 0.2) is 42.5 Å². The third-order valence-electron chi connectivity index (χ3n) is 3.00. The number of hydrogen-bond donors (Lipinski definition) is 1. The van der Waals surface area contributed by atoms with E-state index in [-0.39, 0.29) is 12.3 Å². The van der Waals surface area contributed by atoms with Crippen LogP contribution >= 0.6 is 23.2 Å². The van der Waals surface area contributed by atoms with Crippen LogP contribution in [0.3, 0.4) is 0 Å². The molecule has 0 aliphatic carbocycles. The second-order valence-corrected chi connectivity index (χ2v) is 7.42. The third kappa shape index (κ3) is 5.25. The topological polar surface area (TPSA) is 46.2 Å². The molecule has 0 radical (unpaired) electrons. The monoisotopic (exact) mass is 361 g/mol. The van der Waals surface area contributed by atoms with E-state index in [9.17, 15) is 12.8 Å². The van der Waals surface area contributed by atoms with Gasteiger partial charge in [-0.1, -0.05) is 41.4 Å². The normalized spacial score (nSPS) is 11.6. The summed E-state index contributed by atoms with van der Waals surface area (Å²) in [6.45, 7) is 0.227. The van der Waals surface area contributed by atoms with Gasteiger partial charge in [-0.3, -0.25) is 0 Å². The Balaban J connectivity index is 1.91. The molecule has 0 aromatic heterocycles. The average Bonchev–Trinajstić information content (AvgIpc) is 2.43. The maximum atomic E-state index is 12.8. The summed E-state index contributed by atoms with van der Waals surface area (Å²) in [5, 5.41) is 1.04. The van der Waals surface area contributed by atoms with E-state index < -0.39 is 15.8 Å². The van der Waals surface area contributed by atoms with E-state index in [2.05, 4.69) is 4.72 Å². The molecule has 2 rings (SSSR count). The van der Waals surface area contributed by atoms with E-state index in [4.69, 9.17) is 23.2 Å². The summed E-state index contributed by atoms with van der Waals surface area (Å²) >= 11 is 11.8.